The molecule has 0 aliphatic rings. The van der Waals surface area contributed by atoms with Gasteiger partial charge < -0.3 is 16.0 Å². The number of rotatable bonds is 7. The van der Waals surface area contributed by atoms with E-state index >= 15 is 0 Å². The molecular formula is C15H25N3O. The van der Waals surface area contributed by atoms with Gasteiger partial charge in [0.2, 0.25) is 5.91 Å². The summed E-state index contributed by atoms with van der Waals surface area (Å²) in [6.45, 7) is 2.89. The molecule has 1 atom stereocenters. The van der Waals surface area contributed by atoms with Crippen molar-refractivity contribution >= 4 is 11.6 Å². The topological polar surface area (TPSA) is 58.4 Å². The van der Waals surface area contributed by atoms with Crippen molar-refractivity contribution in [2.75, 3.05) is 19.4 Å². The Morgan fingerprint density at radius 2 is 2.05 bits per heavy atom. The average Bonchev–Trinajstić information content (AvgIpc) is 2.37. The van der Waals surface area contributed by atoms with Gasteiger partial charge in [-0.2, -0.15) is 0 Å². The summed E-state index contributed by atoms with van der Waals surface area (Å²) in [5.74, 6) is -0.0975. The van der Waals surface area contributed by atoms with Crippen LogP contribution in [0, 0.1) is 0 Å². The smallest absolute Gasteiger partial charge is 0.241 e. The van der Waals surface area contributed by atoms with Gasteiger partial charge in [-0.15, -0.1) is 0 Å². The van der Waals surface area contributed by atoms with E-state index in [-0.39, 0.29) is 5.91 Å². The normalized spacial score (nSPS) is 12.5. The van der Waals surface area contributed by atoms with Crippen molar-refractivity contribution in [3.8, 4) is 0 Å². The first kappa shape index (κ1) is 15.7. The zero-order chi connectivity index (χ0) is 14.3. The Hall–Kier alpha value is -1.39. The lowest BCUT2D eigenvalue weighted by atomic mass is 10.1. The van der Waals surface area contributed by atoms with Crippen molar-refractivity contribution in [2.24, 2.45) is 5.73 Å². The largest absolute Gasteiger partial charge is 0.324 e. The van der Waals surface area contributed by atoms with Crippen LogP contribution >= 0.6 is 0 Å². The van der Waals surface area contributed by atoms with Crippen LogP contribution < -0.4 is 11.1 Å². The van der Waals surface area contributed by atoms with Crippen LogP contribution in [-0.2, 0) is 11.3 Å². The molecule has 0 aliphatic heterocycles. The molecule has 3 N–H and O–H groups in total. The highest BCUT2D eigenvalue weighted by atomic mass is 16.2. The van der Waals surface area contributed by atoms with Gasteiger partial charge >= 0.3 is 0 Å². The molecule has 4 heteroatoms. The predicted molar refractivity (Wildman–Crippen MR) is 80.0 cm³/mol. The lowest BCUT2D eigenvalue weighted by Gasteiger charge is -2.17. The van der Waals surface area contributed by atoms with Gasteiger partial charge in [0.05, 0.1) is 6.04 Å². The first-order chi connectivity index (χ1) is 9.04. The molecule has 106 valence electrons. The molecule has 0 bridgehead atoms. The summed E-state index contributed by atoms with van der Waals surface area (Å²) in [6.07, 6.45) is 2.77. The molecular weight excluding hydrogens is 238 g/mol. The summed E-state index contributed by atoms with van der Waals surface area (Å²) in [6, 6.07) is 7.42. The van der Waals surface area contributed by atoms with Crippen molar-refractivity contribution in [3.05, 3.63) is 29.8 Å². The predicted octanol–water partition coefficient (Wildman–Crippen LogP) is 2.20. The van der Waals surface area contributed by atoms with Gasteiger partial charge in [-0.05, 0) is 32.1 Å². The minimum absolute atomic E-state index is 0.0975. The molecule has 0 spiro atoms. The number of nitrogens with two attached hydrogens (primary N) is 1. The van der Waals surface area contributed by atoms with Crippen LogP contribution in [-0.4, -0.2) is 30.9 Å². The van der Waals surface area contributed by atoms with Crippen LogP contribution in [0.25, 0.3) is 0 Å². The quantitative estimate of drug-likeness (QED) is 0.793. The first-order valence-corrected chi connectivity index (χ1v) is 6.83. The highest BCUT2D eigenvalue weighted by molar-refractivity contribution is 5.95. The number of anilines is 1. The third kappa shape index (κ3) is 5.41. The molecule has 1 amide bonds. The summed E-state index contributed by atoms with van der Waals surface area (Å²) in [4.78, 5) is 14.1. The lowest BCUT2D eigenvalue weighted by molar-refractivity contribution is -0.117. The molecule has 4 nitrogen and oxygen atoms in total. The minimum Gasteiger partial charge on any atom is -0.324 e. The summed E-state index contributed by atoms with van der Waals surface area (Å²) < 4.78 is 0. The molecule has 19 heavy (non-hydrogen) atoms. The lowest BCUT2D eigenvalue weighted by Crippen LogP contribution is -2.35. The first-order valence-electron chi connectivity index (χ1n) is 6.83. The highest BCUT2D eigenvalue weighted by Gasteiger charge is 2.14. The van der Waals surface area contributed by atoms with Crippen LogP contribution in [0.2, 0.25) is 0 Å². The van der Waals surface area contributed by atoms with E-state index in [2.05, 4.69) is 17.1 Å². The molecule has 1 aromatic carbocycles. The number of benzene rings is 1. The second-order valence-electron chi connectivity index (χ2n) is 5.13. The minimum atomic E-state index is -0.424. The Bertz CT molecular complexity index is 404. The number of amides is 1. The number of carbonyl (C=O) groups excluding carboxylic acids is 1. The molecule has 0 saturated heterocycles. The van der Waals surface area contributed by atoms with E-state index in [1.807, 2.05) is 38.4 Å². The molecule has 1 rings (SSSR count). The van der Waals surface area contributed by atoms with E-state index < -0.39 is 6.04 Å². The van der Waals surface area contributed by atoms with Crippen LogP contribution in [0.3, 0.4) is 0 Å². The molecule has 0 aromatic heterocycles. The van der Waals surface area contributed by atoms with Crippen molar-refractivity contribution in [1.29, 1.82) is 0 Å². The third-order valence-corrected chi connectivity index (χ3v) is 2.97. The number of nitrogens with zero attached hydrogens (tertiary/aromatic N) is 1. The van der Waals surface area contributed by atoms with Crippen LogP contribution in [0.1, 0.15) is 31.7 Å². The molecule has 0 heterocycles. The zero-order valence-electron chi connectivity index (χ0n) is 12.1. The molecule has 0 aliphatic carbocycles. The fourth-order valence-corrected chi connectivity index (χ4v) is 1.90. The third-order valence-electron chi connectivity index (χ3n) is 2.97. The molecule has 1 aromatic rings. The fourth-order valence-electron chi connectivity index (χ4n) is 1.90. The standard InChI is InChI=1S/C15H25N3O/c1-4-5-9-13(16)15(19)17-14-10-7-6-8-12(14)11-18(2)3/h6-8,10,13H,4-5,9,11,16H2,1-3H3,(H,17,19). The van der Waals surface area contributed by atoms with Gasteiger partial charge in [0.25, 0.3) is 0 Å². The van der Waals surface area contributed by atoms with Crippen molar-refractivity contribution < 1.29 is 4.79 Å². The van der Waals surface area contributed by atoms with Gasteiger partial charge in [-0.1, -0.05) is 38.0 Å². The van der Waals surface area contributed by atoms with E-state index in [9.17, 15) is 4.79 Å². The van der Waals surface area contributed by atoms with E-state index in [0.29, 0.717) is 0 Å². The van der Waals surface area contributed by atoms with E-state index in [1.165, 1.54) is 0 Å². The fraction of sp³-hybridized carbons (Fsp3) is 0.533. The number of nitrogens with one attached hydrogen (secondary N) is 1. The van der Waals surface area contributed by atoms with Crippen molar-refractivity contribution in [1.82, 2.24) is 4.90 Å². The Morgan fingerprint density at radius 1 is 1.37 bits per heavy atom. The monoisotopic (exact) mass is 263 g/mol. The number of para-hydroxylation sites is 1. The molecule has 0 radical (unpaired) electrons. The van der Waals surface area contributed by atoms with Gasteiger partial charge in [0, 0.05) is 12.2 Å². The number of hydrogen-bond acceptors (Lipinski definition) is 3. The highest BCUT2D eigenvalue weighted by Crippen LogP contribution is 2.16. The van der Waals surface area contributed by atoms with Crippen molar-refractivity contribution in [3.63, 3.8) is 0 Å². The molecule has 0 saturated carbocycles. The van der Waals surface area contributed by atoms with E-state index in [0.717, 1.165) is 37.1 Å². The molecule has 0 fully saturated rings. The zero-order valence-corrected chi connectivity index (χ0v) is 12.1. The van der Waals surface area contributed by atoms with E-state index in [1.54, 1.807) is 0 Å². The second-order valence-corrected chi connectivity index (χ2v) is 5.13. The number of unbranched alkanes of at least 4 members (excludes halogenated alkanes) is 1. The second kappa shape index (κ2) is 7.92. The van der Waals surface area contributed by atoms with Crippen LogP contribution in [0.15, 0.2) is 24.3 Å². The maximum absolute atomic E-state index is 12.0. The van der Waals surface area contributed by atoms with Crippen molar-refractivity contribution in [2.45, 2.75) is 38.8 Å². The summed E-state index contributed by atoms with van der Waals surface area (Å²) in [5.41, 5.74) is 7.84. The maximum atomic E-state index is 12.0. The Balaban J connectivity index is 2.68. The number of hydrogen-bond donors (Lipinski definition) is 2. The Kier molecular flexibility index (Phi) is 6.53. The maximum Gasteiger partial charge on any atom is 0.241 e. The average molecular weight is 263 g/mol. The summed E-state index contributed by atoms with van der Waals surface area (Å²) in [7, 11) is 4.01. The SMILES string of the molecule is CCCCC(N)C(=O)Nc1ccccc1CN(C)C. The summed E-state index contributed by atoms with van der Waals surface area (Å²) in [5, 5.41) is 2.93. The van der Waals surface area contributed by atoms with Crippen LogP contribution in [0.4, 0.5) is 5.69 Å². The molecule has 1 unspecified atom stereocenters. The van der Waals surface area contributed by atoms with Crippen LogP contribution in [0.5, 0.6) is 0 Å². The Morgan fingerprint density at radius 3 is 2.68 bits per heavy atom. The summed E-state index contributed by atoms with van der Waals surface area (Å²) >= 11 is 0. The van der Waals surface area contributed by atoms with E-state index in [4.69, 9.17) is 5.73 Å². The van der Waals surface area contributed by atoms with Gasteiger partial charge in [0.15, 0.2) is 0 Å². The Labute approximate surface area is 116 Å². The van der Waals surface area contributed by atoms with Gasteiger partial charge in [-0.25, -0.2) is 0 Å². The van der Waals surface area contributed by atoms with Gasteiger partial charge in [-0.3, -0.25) is 4.79 Å². The number of carbonyl (C=O) groups is 1. The van der Waals surface area contributed by atoms with Gasteiger partial charge in [0.1, 0.15) is 0 Å².